The van der Waals surface area contributed by atoms with Gasteiger partial charge < -0.3 is 0 Å². The number of benzene rings is 1. The van der Waals surface area contributed by atoms with Crippen LogP contribution in [0.2, 0.25) is 0 Å². The van der Waals surface area contributed by atoms with Crippen LogP contribution in [0.25, 0.3) is 0 Å². The van der Waals surface area contributed by atoms with E-state index in [0.717, 1.165) is 0 Å². The van der Waals surface area contributed by atoms with E-state index in [1.54, 1.807) is 0 Å². The van der Waals surface area contributed by atoms with Crippen LogP contribution in [0.3, 0.4) is 0 Å². The third-order valence-corrected chi connectivity index (χ3v) is 2.99. The fourth-order valence-corrected chi connectivity index (χ4v) is 2.35. The molecule has 0 fully saturated rings. The number of rotatable bonds is 2. The van der Waals surface area contributed by atoms with Gasteiger partial charge in [-0.05, 0) is 36.6 Å². The predicted octanol–water partition coefficient (Wildman–Crippen LogP) is 4.90. The summed E-state index contributed by atoms with van der Waals surface area (Å²) in [6.45, 7) is 8.46. The van der Waals surface area contributed by atoms with Crippen LogP contribution >= 0.6 is 23.2 Å². The van der Waals surface area contributed by atoms with Gasteiger partial charge in [0.15, 0.2) is 0 Å². The summed E-state index contributed by atoms with van der Waals surface area (Å²) in [5.74, 6) is 0. The lowest BCUT2D eigenvalue weighted by Gasteiger charge is -2.24. The second kappa shape index (κ2) is 4.59. The molecule has 0 amide bonds. The first-order chi connectivity index (χ1) is 6.84. The molecule has 0 aliphatic heterocycles. The number of allylic oxidation sites excluding steroid dienone is 1. The molecule has 1 aromatic rings. The van der Waals surface area contributed by atoms with E-state index < -0.39 is 0 Å². The van der Waals surface area contributed by atoms with Crippen molar-refractivity contribution in [1.82, 2.24) is 0 Å². The molecule has 0 N–H and O–H groups in total. The zero-order valence-electron chi connectivity index (χ0n) is 9.57. The van der Waals surface area contributed by atoms with Crippen molar-refractivity contribution in [2.75, 3.05) is 0 Å². The van der Waals surface area contributed by atoms with Crippen molar-refractivity contribution < 1.29 is 0 Å². The van der Waals surface area contributed by atoms with Crippen molar-refractivity contribution in [1.29, 1.82) is 0 Å². The molecule has 0 bridgehead atoms. The molecular formula is C13H16Cl2. The molecule has 0 nitrogen and oxygen atoms in total. The lowest BCUT2D eigenvalue weighted by molar-refractivity contribution is 0.663. The van der Waals surface area contributed by atoms with Crippen LogP contribution in [0.4, 0.5) is 0 Å². The highest BCUT2D eigenvalue weighted by molar-refractivity contribution is 6.55. The third kappa shape index (κ3) is 2.99. The van der Waals surface area contributed by atoms with Gasteiger partial charge in [0.1, 0.15) is 4.49 Å². The van der Waals surface area contributed by atoms with Crippen LogP contribution < -0.4 is 0 Å². The van der Waals surface area contributed by atoms with Gasteiger partial charge in [0.25, 0.3) is 0 Å². The van der Waals surface area contributed by atoms with E-state index in [2.05, 4.69) is 45.9 Å². The Morgan fingerprint density at radius 3 is 2.33 bits per heavy atom. The molecule has 0 radical (unpaired) electrons. The molecular weight excluding hydrogens is 227 g/mol. The molecule has 0 aliphatic rings. The van der Waals surface area contributed by atoms with E-state index in [1.807, 2.05) is 6.08 Å². The van der Waals surface area contributed by atoms with E-state index in [1.165, 1.54) is 16.7 Å². The number of aryl methyl sites for hydroxylation is 1. The first kappa shape index (κ1) is 12.6. The van der Waals surface area contributed by atoms with Crippen molar-refractivity contribution in [3.63, 3.8) is 0 Å². The quantitative estimate of drug-likeness (QED) is 0.693. The molecule has 0 heterocycles. The topological polar surface area (TPSA) is 0 Å². The van der Waals surface area contributed by atoms with Crippen molar-refractivity contribution in [3.05, 3.63) is 45.5 Å². The smallest absolute Gasteiger partial charge is 0.0712 e. The van der Waals surface area contributed by atoms with Crippen molar-refractivity contribution >= 4 is 23.2 Å². The largest absolute Gasteiger partial charge is 0.103 e. The Hall–Kier alpha value is -0.460. The van der Waals surface area contributed by atoms with Gasteiger partial charge in [0.2, 0.25) is 0 Å². The fraction of sp³-hybridized carbons (Fsp3) is 0.385. The molecule has 0 atom stereocenters. The fourth-order valence-electron chi connectivity index (χ4n) is 1.80. The number of halogens is 2. The molecule has 15 heavy (non-hydrogen) atoms. The molecule has 1 aromatic carbocycles. The highest BCUT2D eigenvalue weighted by atomic mass is 35.5. The van der Waals surface area contributed by atoms with Gasteiger partial charge in [-0.1, -0.05) is 55.2 Å². The van der Waals surface area contributed by atoms with E-state index in [9.17, 15) is 0 Å². The number of hydrogen-bond donors (Lipinski definition) is 0. The van der Waals surface area contributed by atoms with Crippen LogP contribution in [-0.2, 0) is 5.41 Å². The second-order valence-corrected chi connectivity index (χ2v) is 5.41. The minimum Gasteiger partial charge on any atom is -0.0712 e. The minimum absolute atomic E-state index is 0.130. The average molecular weight is 243 g/mol. The first-order valence-electron chi connectivity index (χ1n) is 4.95. The van der Waals surface area contributed by atoms with E-state index in [-0.39, 0.29) is 5.41 Å². The Bertz CT molecular complexity index is 386. The van der Waals surface area contributed by atoms with Crippen molar-refractivity contribution in [3.8, 4) is 0 Å². The van der Waals surface area contributed by atoms with Crippen molar-refractivity contribution in [2.24, 2.45) is 0 Å². The van der Waals surface area contributed by atoms with Gasteiger partial charge >= 0.3 is 0 Å². The lowest BCUT2D eigenvalue weighted by Crippen LogP contribution is -2.15. The average Bonchev–Trinajstić information content (AvgIpc) is 2.07. The van der Waals surface area contributed by atoms with E-state index >= 15 is 0 Å². The van der Waals surface area contributed by atoms with Gasteiger partial charge in [0, 0.05) is 5.41 Å². The summed E-state index contributed by atoms with van der Waals surface area (Å²) in [4.78, 5) is 0. The zero-order chi connectivity index (χ0) is 11.6. The molecule has 82 valence electrons. The molecule has 0 aromatic heterocycles. The molecule has 0 unspecified atom stereocenters. The second-order valence-electron chi connectivity index (χ2n) is 4.40. The van der Waals surface area contributed by atoms with Crippen LogP contribution in [-0.4, -0.2) is 0 Å². The molecule has 0 aliphatic carbocycles. The summed E-state index contributed by atoms with van der Waals surface area (Å²) >= 11 is 11.5. The summed E-state index contributed by atoms with van der Waals surface area (Å²) < 4.78 is 0.320. The summed E-state index contributed by atoms with van der Waals surface area (Å²) in [5.41, 5.74) is 3.73. The minimum atomic E-state index is -0.130. The Labute approximate surface area is 102 Å². The summed E-state index contributed by atoms with van der Waals surface area (Å²) in [6, 6.07) is 6.30. The van der Waals surface area contributed by atoms with Gasteiger partial charge in [-0.3, -0.25) is 0 Å². The summed E-state index contributed by atoms with van der Waals surface area (Å²) in [5, 5.41) is 0. The monoisotopic (exact) mass is 242 g/mol. The van der Waals surface area contributed by atoms with Crippen LogP contribution in [0.5, 0.6) is 0 Å². The normalized spacial score (nSPS) is 11.3. The Kier molecular flexibility index (Phi) is 3.86. The van der Waals surface area contributed by atoms with E-state index in [0.29, 0.717) is 4.49 Å². The molecule has 1 rings (SSSR count). The van der Waals surface area contributed by atoms with Gasteiger partial charge in [-0.2, -0.15) is 0 Å². The molecule has 2 heteroatoms. The molecule has 0 saturated heterocycles. The number of hydrogen-bond acceptors (Lipinski definition) is 0. The zero-order valence-corrected chi connectivity index (χ0v) is 11.1. The Morgan fingerprint density at radius 2 is 1.80 bits per heavy atom. The SMILES string of the molecule is Cc1cccc(C(C)(C)C=C(Cl)Cl)c1C. The highest BCUT2D eigenvalue weighted by Crippen LogP contribution is 2.31. The summed E-state index contributed by atoms with van der Waals surface area (Å²) in [6.07, 6.45) is 1.87. The molecule has 0 saturated carbocycles. The van der Waals surface area contributed by atoms with Crippen LogP contribution in [0.1, 0.15) is 30.5 Å². The standard InChI is InChI=1S/C13H16Cl2/c1-9-6-5-7-11(10(9)2)13(3,4)8-12(14)15/h5-8H,1-4H3. The maximum Gasteiger partial charge on any atom is 0.103 e. The first-order valence-corrected chi connectivity index (χ1v) is 5.71. The Balaban J connectivity index is 3.27. The maximum absolute atomic E-state index is 5.73. The highest BCUT2D eigenvalue weighted by Gasteiger charge is 2.20. The lowest BCUT2D eigenvalue weighted by atomic mass is 9.81. The van der Waals surface area contributed by atoms with Gasteiger partial charge in [0.05, 0.1) is 0 Å². The van der Waals surface area contributed by atoms with E-state index in [4.69, 9.17) is 23.2 Å². The van der Waals surface area contributed by atoms with Gasteiger partial charge in [-0.15, -0.1) is 0 Å². The predicted molar refractivity (Wildman–Crippen MR) is 68.7 cm³/mol. The third-order valence-electron chi connectivity index (χ3n) is 2.77. The van der Waals surface area contributed by atoms with Crippen LogP contribution in [0, 0.1) is 13.8 Å². The maximum atomic E-state index is 5.73. The molecule has 0 spiro atoms. The Morgan fingerprint density at radius 1 is 1.20 bits per heavy atom. The van der Waals surface area contributed by atoms with Crippen LogP contribution in [0.15, 0.2) is 28.8 Å². The van der Waals surface area contributed by atoms with Gasteiger partial charge in [-0.25, -0.2) is 0 Å². The summed E-state index contributed by atoms with van der Waals surface area (Å²) in [7, 11) is 0. The van der Waals surface area contributed by atoms with Crippen molar-refractivity contribution in [2.45, 2.75) is 33.1 Å².